The number of carbonyl (C=O) groups is 2. The fourth-order valence-electron chi connectivity index (χ4n) is 3.34. The Labute approximate surface area is 196 Å². The lowest BCUT2D eigenvalue weighted by Crippen LogP contribution is -2.34. The number of hydrogen-bond acceptors (Lipinski definition) is 6. The lowest BCUT2D eigenvalue weighted by atomic mass is 10.0. The first-order valence-corrected chi connectivity index (χ1v) is 11.6. The topological polar surface area (TPSA) is 86.1 Å². The number of rotatable bonds is 10. The van der Waals surface area contributed by atoms with E-state index in [0.29, 0.717) is 28.8 Å². The molecule has 7 nitrogen and oxygen atoms in total. The van der Waals surface area contributed by atoms with Crippen LogP contribution >= 0.6 is 11.8 Å². The van der Waals surface area contributed by atoms with Crippen LogP contribution in [0.25, 0.3) is 0 Å². The van der Waals surface area contributed by atoms with E-state index in [4.69, 9.17) is 4.74 Å². The number of ketones is 1. The Morgan fingerprint density at radius 2 is 1.91 bits per heavy atom. The van der Waals surface area contributed by atoms with Crippen LogP contribution in [0.1, 0.15) is 53.4 Å². The molecule has 0 aliphatic rings. The van der Waals surface area contributed by atoms with Gasteiger partial charge in [0.15, 0.2) is 16.8 Å². The molecular weight excluding hydrogens is 443 g/mol. The van der Waals surface area contributed by atoms with Gasteiger partial charge in [-0.3, -0.25) is 9.59 Å². The minimum absolute atomic E-state index is 0.0218. The van der Waals surface area contributed by atoms with Crippen molar-refractivity contribution in [2.24, 2.45) is 5.92 Å². The van der Waals surface area contributed by atoms with Crippen molar-refractivity contribution in [3.63, 3.8) is 0 Å². The van der Waals surface area contributed by atoms with Gasteiger partial charge in [0.05, 0.1) is 24.5 Å². The molecule has 0 saturated heterocycles. The quantitative estimate of drug-likeness (QED) is 0.346. The summed E-state index contributed by atoms with van der Waals surface area (Å²) in [7, 11) is 1.56. The summed E-state index contributed by atoms with van der Waals surface area (Å²) in [6, 6.07) is 12.4. The highest BCUT2D eigenvalue weighted by Crippen LogP contribution is 2.26. The molecule has 3 rings (SSSR count). The number of thioether (sulfide) groups is 1. The number of nitrogens with one attached hydrogen (secondary N) is 1. The number of halogens is 1. The van der Waals surface area contributed by atoms with Gasteiger partial charge >= 0.3 is 0 Å². The van der Waals surface area contributed by atoms with Crippen molar-refractivity contribution >= 4 is 23.5 Å². The van der Waals surface area contributed by atoms with Crippen molar-refractivity contribution in [3.05, 3.63) is 71.3 Å². The summed E-state index contributed by atoms with van der Waals surface area (Å²) in [5.41, 5.74) is 0.533. The number of aromatic nitrogens is 3. The van der Waals surface area contributed by atoms with Gasteiger partial charge in [0.1, 0.15) is 11.6 Å². The largest absolute Gasteiger partial charge is 0.497 e. The highest BCUT2D eigenvalue weighted by Gasteiger charge is 2.27. The van der Waals surface area contributed by atoms with E-state index in [1.54, 1.807) is 37.4 Å². The molecule has 0 radical (unpaired) electrons. The predicted molar refractivity (Wildman–Crippen MR) is 125 cm³/mol. The number of carbonyl (C=O) groups excluding carboxylic acids is 2. The zero-order chi connectivity index (χ0) is 24.0. The Kier molecular flexibility index (Phi) is 8.21. The summed E-state index contributed by atoms with van der Waals surface area (Å²) >= 11 is 1.28. The molecule has 0 fully saturated rings. The molecular formula is C24H27FN4O3S. The molecule has 0 spiro atoms. The summed E-state index contributed by atoms with van der Waals surface area (Å²) in [4.78, 5) is 25.4. The van der Waals surface area contributed by atoms with E-state index in [0.717, 1.165) is 0 Å². The predicted octanol–water partition coefficient (Wildman–Crippen LogP) is 4.55. The summed E-state index contributed by atoms with van der Waals surface area (Å²) in [5, 5.41) is 12.0. The third-order valence-corrected chi connectivity index (χ3v) is 6.10. The Morgan fingerprint density at radius 3 is 2.58 bits per heavy atom. The molecule has 2 aromatic carbocycles. The molecule has 3 aromatic rings. The number of benzene rings is 2. The van der Waals surface area contributed by atoms with E-state index >= 15 is 0 Å². The molecule has 1 amide bonds. The highest BCUT2D eigenvalue weighted by atomic mass is 32.2. The average Bonchev–Trinajstić information content (AvgIpc) is 3.23. The van der Waals surface area contributed by atoms with Crippen molar-refractivity contribution < 1.29 is 18.7 Å². The van der Waals surface area contributed by atoms with E-state index in [9.17, 15) is 14.0 Å². The van der Waals surface area contributed by atoms with Crippen LogP contribution in [-0.4, -0.2) is 39.3 Å². The SMILES string of the molecule is CCn1c(SCC(=O)c2cccc(OC)c2)nnc1[C@H](NC(=O)c1ccccc1F)C(C)C. The van der Waals surface area contributed by atoms with E-state index in [2.05, 4.69) is 15.5 Å². The highest BCUT2D eigenvalue weighted by molar-refractivity contribution is 7.99. The molecule has 0 saturated carbocycles. The van der Waals surface area contributed by atoms with E-state index in [-0.39, 0.29) is 23.0 Å². The van der Waals surface area contributed by atoms with Gasteiger partial charge < -0.3 is 14.6 Å². The van der Waals surface area contributed by atoms with Crippen LogP contribution in [0.4, 0.5) is 4.39 Å². The van der Waals surface area contributed by atoms with Gasteiger partial charge in [-0.05, 0) is 37.1 Å². The van der Waals surface area contributed by atoms with Gasteiger partial charge in [-0.25, -0.2) is 4.39 Å². The summed E-state index contributed by atoms with van der Waals surface area (Å²) < 4.78 is 21.1. The smallest absolute Gasteiger partial charge is 0.254 e. The summed E-state index contributed by atoms with van der Waals surface area (Å²) in [6.07, 6.45) is 0. The van der Waals surface area contributed by atoms with Crippen LogP contribution < -0.4 is 10.1 Å². The lowest BCUT2D eigenvalue weighted by Gasteiger charge is -2.22. The Morgan fingerprint density at radius 1 is 1.15 bits per heavy atom. The van der Waals surface area contributed by atoms with Gasteiger partial charge in [0, 0.05) is 12.1 Å². The Bertz CT molecular complexity index is 1130. The van der Waals surface area contributed by atoms with Crippen LogP contribution in [-0.2, 0) is 6.54 Å². The second-order valence-corrected chi connectivity index (χ2v) is 8.65. The van der Waals surface area contributed by atoms with E-state index in [1.807, 2.05) is 25.3 Å². The van der Waals surface area contributed by atoms with Gasteiger partial charge in [-0.1, -0.05) is 49.9 Å². The summed E-state index contributed by atoms with van der Waals surface area (Å²) in [6.45, 7) is 6.38. The average molecular weight is 471 g/mol. The van der Waals surface area contributed by atoms with E-state index in [1.165, 1.54) is 30.0 Å². The van der Waals surface area contributed by atoms with Crippen molar-refractivity contribution in [3.8, 4) is 5.75 Å². The van der Waals surface area contributed by atoms with Crippen LogP contribution in [0.3, 0.4) is 0 Å². The molecule has 1 aromatic heterocycles. The molecule has 0 aliphatic carbocycles. The van der Waals surface area contributed by atoms with Crippen molar-refractivity contribution in [1.29, 1.82) is 0 Å². The first kappa shape index (κ1) is 24.4. The van der Waals surface area contributed by atoms with Crippen LogP contribution in [0, 0.1) is 11.7 Å². The number of Topliss-reactive ketones (excluding diaryl/α,β-unsaturated/α-hetero) is 1. The third-order valence-electron chi connectivity index (χ3n) is 5.14. The third kappa shape index (κ3) is 5.78. The minimum atomic E-state index is -0.582. The summed E-state index contributed by atoms with van der Waals surface area (Å²) in [5.74, 6) is 0.190. The van der Waals surface area contributed by atoms with Gasteiger partial charge in [-0.15, -0.1) is 10.2 Å². The van der Waals surface area contributed by atoms with Crippen LogP contribution in [0.2, 0.25) is 0 Å². The zero-order valence-corrected chi connectivity index (χ0v) is 19.9. The molecule has 174 valence electrons. The van der Waals surface area contributed by atoms with Crippen molar-refractivity contribution in [2.45, 2.75) is 38.5 Å². The standard InChI is InChI=1S/C24H27FN4O3S/c1-5-29-22(21(15(2)3)26-23(31)18-11-6-7-12-19(18)25)27-28-24(29)33-14-20(30)16-9-8-10-17(13-16)32-4/h6-13,15,21H,5,14H2,1-4H3,(H,26,31)/t21-/m1/s1. The second-order valence-electron chi connectivity index (χ2n) is 7.70. The normalized spacial score (nSPS) is 11.9. The first-order chi connectivity index (χ1) is 15.8. The number of methoxy groups -OCH3 is 1. The number of nitrogens with zero attached hydrogens (tertiary/aromatic N) is 3. The maximum absolute atomic E-state index is 14.1. The Balaban J connectivity index is 1.77. The lowest BCUT2D eigenvalue weighted by molar-refractivity contribution is 0.0917. The minimum Gasteiger partial charge on any atom is -0.497 e. The second kappa shape index (κ2) is 11.1. The van der Waals surface area contributed by atoms with Crippen LogP contribution in [0.15, 0.2) is 53.7 Å². The fraction of sp³-hybridized carbons (Fsp3) is 0.333. The van der Waals surface area contributed by atoms with Gasteiger partial charge in [-0.2, -0.15) is 0 Å². The molecule has 9 heteroatoms. The molecule has 0 bridgehead atoms. The van der Waals surface area contributed by atoms with Crippen molar-refractivity contribution in [2.75, 3.05) is 12.9 Å². The van der Waals surface area contributed by atoms with Gasteiger partial charge in [0.2, 0.25) is 0 Å². The molecule has 0 unspecified atom stereocenters. The zero-order valence-electron chi connectivity index (χ0n) is 19.0. The fourth-order valence-corrected chi connectivity index (χ4v) is 4.24. The number of amides is 1. The molecule has 1 heterocycles. The maximum atomic E-state index is 14.1. The van der Waals surface area contributed by atoms with Gasteiger partial charge in [0.25, 0.3) is 5.91 Å². The molecule has 33 heavy (non-hydrogen) atoms. The maximum Gasteiger partial charge on any atom is 0.254 e. The van der Waals surface area contributed by atoms with Crippen molar-refractivity contribution in [1.82, 2.24) is 20.1 Å². The monoisotopic (exact) mass is 470 g/mol. The number of hydrogen-bond donors (Lipinski definition) is 1. The molecule has 1 atom stereocenters. The Hall–Kier alpha value is -3.20. The van der Waals surface area contributed by atoms with E-state index < -0.39 is 17.8 Å². The van der Waals surface area contributed by atoms with Crippen LogP contribution in [0.5, 0.6) is 5.75 Å². The molecule has 0 aliphatic heterocycles. The molecule has 1 N–H and O–H groups in total. The number of ether oxygens (including phenoxy) is 1. The first-order valence-electron chi connectivity index (χ1n) is 10.6.